The summed E-state index contributed by atoms with van der Waals surface area (Å²) in [5, 5.41) is 15.1. The molecule has 5 aliphatic rings. The molecule has 3 aromatic carbocycles. The summed E-state index contributed by atoms with van der Waals surface area (Å²) >= 11 is 0. The maximum Gasteiger partial charge on any atom is 0.104 e. The number of aliphatic hydroxyl groups is 1. The van der Waals surface area contributed by atoms with Crippen molar-refractivity contribution in [1.29, 1.82) is 0 Å². The fourth-order valence-electron chi connectivity index (χ4n) is 9.38. The molecule has 330 valence electrons. The van der Waals surface area contributed by atoms with Crippen LogP contribution >= 0.6 is 0 Å². The molecule has 8 unspecified atom stereocenters. The van der Waals surface area contributed by atoms with E-state index in [0.29, 0.717) is 43.3 Å². The van der Waals surface area contributed by atoms with Crippen molar-refractivity contribution < 1.29 is 35.8 Å². The molecule has 59 heavy (non-hydrogen) atoms. The third kappa shape index (κ3) is 14.9. The van der Waals surface area contributed by atoms with Crippen LogP contribution in [0.4, 0.5) is 11.4 Å². The van der Waals surface area contributed by atoms with Crippen LogP contribution in [0.5, 0.6) is 0 Å². The van der Waals surface area contributed by atoms with Gasteiger partial charge in [0.15, 0.2) is 0 Å². The minimum absolute atomic E-state index is 0. The second-order valence-corrected chi connectivity index (χ2v) is 18.2. The van der Waals surface area contributed by atoms with E-state index in [0.717, 1.165) is 62.8 Å². The van der Waals surface area contributed by atoms with E-state index < -0.39 is 6.10 Å². The van der Waals surface area contributed by atoms with Gasteiger partial charge in [0.2, 0.25) is 0 Å². The zero-order valence-electron chi connectivity index (χ0n) is 37.2. The molecule has 8 heteroatoms. The van der Waals surface area contributed by atoms with Gasteiger partial charge in [-0.15, -0.1) is 0 Å². The first-order valence-corrected chi connectivity index (χ1v) is 22.3. The molecule has 0 radical (unpaired) electrons. The van der Waals surface area contributed by atoms with Gasteiger partial charge in [-0.25, -0.2) is 0 Å². The van der Waals surface area contributed by atoms with E-state index in [1.165, 1.54) is 71.9 Å². The smallest absolute Gasteiger partial charge is 0.104 e. The van der Waals surface area contributed by atoms with Gasteiger partial charge in [-0.3, -0.25) is 0 Å². The number of β-amino-alcohol motifs (C(OH)–C–C–N with tert-alkyl or cyclic N) is 1. The number of hydrogen-bond donors (Lipinski definition) is 3. The molecule has 8 atom stereocenters. The van der Waals surface area contributed by atoms with Crippen LogP contribution in [0.2, 0.25) is 0 Å². The largest absolute Gasteiger partial charge is 0.389 e. The average Bonchev–Trinajstić information content (AvgIpc) is 3.52. The maximum atomic E-state index is 10.5. The predicted octanol–water partition coefficient (Wildman–Crippen LogP) is 11.0. The van der Waals surface area contributed by atoms with Crippen LogP contribution in [0.15, 0.2) is 85.1 Å². The molecule has 4 aromatic rings. The van der Waals surface area contributed by atoms with Gasteiger partial charge in [0.05, 0.1) is 38.1 Å². The van der Waals surface area contributed by atoms with Gasteiger partial charge in [0.1, 0.15) is 6.10 Å². The molecule has 7 nitrogen and oxygen atoms in total. The number of benzene rings is 3. The van der Waals surface area contributed by atoms with Crippen molar-refractivity contribution in [1.82, 2.24) is 4.98 Å². The Balaban J connectivity index is 0.000000187. The van der Waals surface area contributed by atoms with Crippen molar-refractivity contribution in [2.24, 2.45) is 35.5 Å². The fourth-order valence-corrected chi connectivity index (χ4v) is 9.38. The number of rotatable bonds is 10. The van der Waals surface area contributed by atoms with Crippen LogP contribution in [0, 0.1) is 42.9 Å². The Hall–Kier alpha value is -2.87. The van der Waals surface area contributed by atoms with E-state index >= 15 is 0 Å². The maximum absolute atomic E-state index is 10.5. The number of aromatic nitrogens is 1. The third-order valence-electron chi connectivity index (χ3n) is 12.9. The number of para-hydroxylation sites is 3. The SMILES string of the molecule is CC1CCC(C(C)C)C(OCC(O)CN2CCc3ccccc32)C1.CC1CCC(C(C)C)C(OCC2CO2)C1.[CH3-].[Ni].c1ccc2[nH]ccc2c1.c1ccc2c(c1)CCN2. The Labute approximate surface area is 367 Å². The Bertz CT molecular complexity index is 1710. The molecular weight excluding hydrogens is 777 g/mol. The average molecular weight is 854 g/mol. The molecule has 3 fully saturated rings. The van der Waals surface area contributed by atoms with Gasteiger partial charge >= 0.3 is 0 Å². The van der Waals surface area contributed by atoms with Crippen molar-refractivity contribution in [2.45, 2.75) is 117 Å². The standard InChI is InChI=1S/C21H33NO2.C13H24O2.C8H9N.C8H7N.CH3.Ni/c1-15(2)19-9-8-16(3)12-21(19)24-14-18(23)13-22-11-10-17-6-4-5-7-20(17)22;1-9(2)12-5-4-10(3)6-13(12)15-8-11-7-14-11;2*1-2-4-8-7(3-1)5-6-9-8;;/h4-7,15-16,18-19,21,23H,8-14H2,1-3H3;9-13H,4-8H2,1-3H3;1-4,9H,5-6H2;1-6,9H;1H3;/q;;;;-1;. The number of anilines is 2. The first-order valence-electron chi connectivity index (χ1n) is 22.3. The van der Waals surface area contributed by atoms with Crippen molar-refractivity contribution in [3.8, 4) is 0 Å². The van der Waals surface area contributed by atoms with Crippen molar-refractivity contribution in [3.05, 3.63) is 104 Å². The van der Waals surface area contributed by atoms with E-state index in [1.807, 2.05) is 18.3 Å². The molecule has 2 saturated carbocycles. The fraction of sp³-hybridized carbons (Fsp3) is 0.588. The summed E-state index contributed by atoms with van der Waals surface area (Å²) in [6, 6.07) is 27.3. The van der Waals surface area contributed by atoms with Crippen molar-refractivity contribution in [2.75, 3.05) is 49.7 Å². The van der Waals surface area contributed by atoms with Gasteiger partial charge in [-0.2, -0.15) is 0 Å². The van der Waals surface area contributed by atoms with Gasteiger partial charge in [0.25, 0.3) is 0 Å². The molecule has 3 N–H and O–H groups in total. The van der Waals surface area contributed by atoms with Crippen molar-refractivity contribution >= 4 is 22.3 Å². The van der Waals surface area contributed by atoms with Gasteiger partial charge in [0, 0.05) is 59.2 Å². The van der Waals surface area contributed by atoms with Crippen LogP contribution in [0.3, 0.4) is 0 Å². The molecule has 9 rings (SSSR count). The van der Waals surface area contributed by atoms with Crippen LogP contribution in [0.25, 0.3) is 10.9 Å². The van der Waals surface area contributed by atoms with E-state index in [-0.39, 0.29) is 23.9 Å². The molecule has 1 saturated heterocycles. The topological polar surface area (TPSA) is 82.3 Å². The number of H-pyrrole nitrogens is 1. The Kier molecular flexibility index (Phi) is 20.3. The molecule has 0 spiro atoms. The summed E-state index contributed by atoms with van der Waals surface area (Å²) in [5.74, 6) is 4.39. The van der Waals surface area contributed by atoms with Gasteiger partial charge < -0.3 is 41.9 Å². The number of epoxide rings is 1. The Morgan fingerprint density at radius 1 is 0.763 bits per heavy atom. The number of hydrogen-bond acceptors (Lipinski definition) is 6. The summed E-state index contributed by atoms with van der Waals surface area (Å²) in [6.07, 6.45) is 12.7. The number of fused-ring (bicyclic) bond motifs is 3. The van der Waals surface area contributed by atoms with E-state index in [1.54, 1.807) is 0 Å². The van der Waals surface area contributed by atoms with Crippen LogP contribution < -0.4 is 10.2 Å². The minimum atomic E-state index is -0.416. The summed E-state index contributed by atoms with van der Waals surface area (Å²) in [7, 11) is 0. The summed E-state index contributed by atoms with van der Waals surface area (Å²) in [5.41, 5.74) is 6.65. The Morgan fingerprint density at radius 3 is 2.02 bits per heavy atom. The number of aromatic amines is 1. The normalized spacial score (nSPS) is 25.6. The van der Waals surface area contributed by atoms with E-state index in [2.05, 4.69) is 123 Å². The number of aliphatic hydroxyl groups excluding tert-OH is 1. The predicted molar refractivity (Wildman–Crippen MR) is 244 cm³/mol. The van der Waals surface area contributed by atoms with Gasteiger partial charge in [-0.1, -0.05) is 109 Å². The molecule has 2 aliphatic carbocycles. The van der Waals surface area contributed by atoms with Crippen LogP contribution in [-0.4, -0.2) is 74.0 Å². The number of ether oxygens (including phenoxy) is 3. The van der Waals surface area contributed by atoms with E-state index in [4.69, 9.17) is 14.2 Å². The zero-order chi connectivity index (χ0) is 40.1. The molecule has 4 heterocycles. The second-order valence-electron chi connectivity index (χ2n) is 18.2. The first-order chi connectivity index (χ1) is 27.6. The first kappa shape index (κ1) is 48.8. The molecule has 3 aliphatic heterocycles. The van der Waals surface area contributed by atoms with E-state index in [9.17, 15) is 5.11 Å². The second kappa shape index (κ2) is 24.5. The zero-order valence-corrected chi connectivity index (χ0v) is 38.2. The van der Waals surface area contributed by atoms with Gasteiger partial charge in [-0.05, 0) is 115 Å². The molecule has 0 bridgehead atoms. The Morgan fingerprint density at radius 2 is 1.37 bits per heavy atom. The number of nitrogens with one attached hydrogen (secondary N) is 2. The third-order valence-corrected chi connectivity index (χ3v) is 12.9. The summed E-state index contributed by atoms with van der Waals surface area (Å²) in [4.78, 5) is 5.42. The minimum Gasteiger partial charge on any atom is -0.389 e. The molecule has 0 amide bonds. The van der Waals surface area contributed by atoms with Crippen molar-refractivity contribution in [3.63, 3.8) is 0 Å². The summed E-state index contributed by atoms with van der Waals surface area (Å²) < 4.78 is 17.4. The monoisotopic (exact) mass is 853 g/mol. The van der Waals surface area contributed by atoms with Crippen LogP contribution in [0.1, 0.15) is 91.2 Å². The number of nitrogens with zero attached hydrogens (tertiary/aromatic N) is 1. The molecular formula is C51H76N3NiO4-. The molecule has 1 aromatic heterocycles. The quantitative estimate of drug-likeness (QED) is 0.0838. The van der Waals surface area contributed by atoms with Crippen LogP contribution in [-0.2, 0) is 43.5 Å². The summed E-state index contributed by atoms with van der Waals surface area (Å²) in [6.45, 7) is 18.9.